The van der Waals surface area contributed by atoms with Gasteiger partial charge in [-0.2, -0.15) is 4.31 Å². The molecule has 1 aliphatic heterocycles. The van der Waals surface area contributed by atoms with Gasteiger partial charge >= 0.3 is 0 Å². The van der Waals surface area contributed by atoms with Crippen LogP contribution in [0, 0.1) is 0 Å². The lowest BCUT2D eigenvalue weighted by atomic mass is 10.2. The average molecular weight is 476 g/mol. The molecule has 2 aromatic rings. The number of piperazine rings is 1. The molecule has 0 bridgehead atoms. The number of nitrogens with zero attached hydrogens (tertiary/aromatic N) is 2. The fourth-order valence-corrected chi connectivity index (χ4v) is 4.99. The molecule has 0 aromatic heterocycles. The summed E-state index contributed by atoms with van der Waals surface area (Å²) in [6, 6.07) is 11.0. The highest BCUT2D eigenvalue weighted by molar-refractivity contribution is 7.89. The van der Waals surface area contributed by atoms with Gasteiger partial charge in [0.2, 0.25) is 15.9 Å². The van der Waals surface area contributed by atoms with Crippen LogP contribution in [0.5, 0.6) is 11.5 Å². The normalized spacial score (nSPS) is 14.6. The largest absolute Gasteiger partial charge is 0.490 e. The summed E-state index contributed by atoms with van der Waals surface area (Å²) in [4.78, 5) is 26.0. The first-order valence-corrected chi connectivity index (χ1v) is 12.3. The summed E-state index contributed by atoms with van der Waals surface area (Å²) in [5.74, 6) is 0.570. The van der Waals surface area contributed by atoms with Gasteiger partial charge in [0.1, 0.15) is 0 Å². The zero-order valence-electron chi connectivity index (χ0n) is 19.0. The Morgan fingerprint density at radius 2 is 1.61 bits per heavy atom. The standard InChI is InChI=1S/C23H29N3O6S/c1-4-31-21-10-9-19(16-22(21)32-5-2)24-23(28)18-7-6-8-20(15-18)33(29,30)26-13-11-25(12-14-26)17(3)27/h6-10,15-16H,4-5,11-14H2,1-3H3,(H,24,28). The Kier molecular flexibility index (Phi) is 7.93. The first-order valence-electron chi connectivity index (χ1n) is 10.8. The van der Waals surface area contributed by atoms with Crippen LogP contribution in [0.2, 0.25) is 0 Å². The lowest BCUT2D eigenvalue weighted by Crippen LogP contribution is -2.49. The van der Waals surface area contributed by atoms with Crippen LogP contribution in [0.25, 0.3) is 0 Å². The zero-order valence-corrected chi connectivity index (χ0v) is 19.9. The highest BCUT2D eigenvalue weighted by Crippen LogP contribution is 2.31. The van der Waals surface area contributed by atoms with Crippen molar-refractivity contribution >= 4 is 27.5 Å². The minimum atomic E-state index is -3.79. The quantitative estimate of drug-likeness (QED) is 0.629. The van der Waals surface area contributed by atoms with Crippen molar-refractivity contribution in [1.82, 2.24) is 9.21 Å². The van der Waals surface area contributed by atoms with Gasteiger partial charge in [0.05, 0.1) is 18.1 Å². The molecule has 0 aliphatic carbocycles. The Morgan fingerprint density at radius 3 is 2.24 bits per heavy atom. The molecule has 1 aliphatic rings. The van der Waals surface area contributed by atoms with Crippen molar-refractivity contribution in [2.24, 2.45) is 0 Å². The van der Waals surface area contributed by atoms with Crippen LogP contribution in [0.3, 0.4) is 0 Å². The van der Waals surface area contributed by atoms with Crippen LogP contribution in [-0.4, -0.2) is 68.8 Å². The molecular formula is C23H29N3O6S. The van der Waals surface area contributed by atoms with Gasteiger partial charge in [-0.05, 0) is 44.2 Å². The molecule has 178 valence electrons. The van der Waals surface area contributed by atoms with Crippen molar-refractivity contribution in [3.8, 4) is 11.5 Å². The first-order chi connectivity index (χ1) is 15.8. The number of hydrogen-bond donors (Lipinski definition) is 1. The zero-order chi connectivity index (χ0) is 24.0. The lowest BCUT2D eigenvalue weighted by Gasteiger charge is -2.33. The highest BCUT2D eigenvalue weighted by Gasteiger charge is 2.29. The summed E-state index contributed by atoms with van der Waals surface area (Å²) in [5, 5.41) is 2.78. The van der Waals surface area contributed by atoms with Crippen LogP contribution in [0.4, 0.5) is 5.69 Å². The third-order valence-corrected chi connectivity index (χ3v) is 7.11. The maximum atomic E-state index is 13.1. The number of carbonyl (C=O) groups excluding carboxylic acids is 2. The molecule has 0 unspecified atom stereocenters. The molecule has 9 nitrogen and oxygen atoms in total. The van der Waals surface area contributed by atoms with E-state index in [9.17, 15) is 18.0 Å². The van der Waals surface area contributed by atoms with Gasteiger partial charge in [0.25, 0.3) is 5.91 Å². The molecule has 0 atom stereocenters. The van der Waals surface area contributed by atoms with Crippen LogP contribution < -0.4 is 14.8 Å². The van der Waals surface area contributed by atoms with Crippen molar-refractivity contribution in [3.05, 3.63) is 48.0 Å². The predicted molar refractivity (Wildman–Crippen MR) is 124 cm³/mol. The number of ether oxygens (including phenoxy) is 2. The number of sulfonamides is 1. The Bertz CT molecular complexity index is 1110. The molecule has 1 saturated heterocycles. The monoisotopic (exact) mass is 475 g/mol. The number of benzene rings is 2. The molecule has 0 spiro atoms. The van der Waals surface area contributed by atoms with Crippen LogP contribution in [-0.2, 0) is 14.8 Å². The Hall–Kier alpha value is -3.11. The number of anilines is 1. The second kappa shape index (κ2) is 10.7. The Labute approximate surface area is 194 Å². The summed E-state index contributed by atoms with van der Waals surface area (Å²) in [6.07, 6.45) is 0. The molecule has 2 amide bonds. The molecule has 1 fully saturated rings. The number of hydrogen-bond acceptors (Lipinski definition) is 6. The van der Waals surface area contributed by atoms with Gasteiger partial charge in [-0.3, -0.25) is 9.59 Å². The molecule has 1 heterocycles. The minimum Gasteiger partial charge on any atom is -0.490 e. The summed E-state index contributed by atoms with van der Waals surface area (Å²) >= 11 is 0. The number of nitrogens with one attached hydrogen (secondary N) is 1. The molecule has 3 rings (SSSR count). The second-order valence-electron chi connectivity index (χ2n) is 7.42. The topological polar surface area (TPSA) is 105 Å². The van der Waals surface area contributed by atoms with E-state index in [1.165, 1.54) is 29.4 Å². The first kappa shape index (κ1) is 24.5. The highest BCUT2D eigenvalue weighted by atomic mass is 32.2. The van der Waals surface area contributed by atoms with E-state index in [0.717, 1.165) is 0 Å². The molecule has 0 saturated carbocycles. The van der Waals surface area contributed by atoms with E-state index in [1.54, 1.807) is 29.2 Å². The Morgan fingerprint density at radius 1 is 0.939 bits per heavy atom. The second-order valence-corrected chi connectivity index (χ2v) is 9.36. The average Bonchev–Trinajstić information content (AvgIpc) is 2.81. The van der Waals surface area contributed by atoms with Crippen molar-refractivity contribution in [1.29, 1.82) is 0 Å². The summed E-state index contributed by atoms with van der Waals surface area (Å²) in [5.41, 5.74) is 0.714. The van der Waals surface area contributed by atoms with Gasteiger partial charge in [-0.1, -0.05) is 6.07 Å². The predicted octanol–water partition coefficient (Wildman–Crippen LogP) is 2.59. The minimum absolute atomic E-state index is 0.0353. The summed E-state index contributed by atoms with van der Waals surface area (Å²) in [6.45, 7) is 7.23. The molecule has 2 aromatic carbocycles. The van der Waals surface area contributed by atoms with Gasteiger partial charge < -0.3 is 19.7 Å². The maximum Gasteiger partial charge on any atom is 0.255 e. The fourth-order valence-electron chi connectivity index (χ4n) is 3.52. The smallest absolute Gasteiger partial charge is 0.255 e. The molecule has 0 radical (unpaired) electrons. The van der Waals surface area contributed by atoms with Crippen molar-refractivity contribution < 1.29 is 27.5 Å². The SMILES string of the molecule is CCOc1ccc(NC(=O)c2cccc(S(=O)(=O)N3CCN(C(C)=O)CC3)c2)cc1OCC. The summed E-state index contributed by atoms with van der Waals surface area (Å²) in [7, 11) is -3.79. The lowest BCUT2D eigenvalue weighted by molar-refractivity contribution is -0.129. The van der Waals surface area contributed by atoms with E-state index in [1.807, 2.05) is 13.8 Å². The van der Waals surface area contributed by atoms with Crippen LogP contribution in [0.15, 0.2) is 47.4 Å². The summed E-state index contributed by atoms with van der Waals surface area (Å²) < 4.78 is 38.6. The number of amides is 2. The molecule has 1 N–H and O–H groups in total. The van der Waals surface area contributed by atoms with E-state index in [0.29, 0.717) is 43.5 Å². The van der Waals surface area contributed by atoms with Crippen LogP contribution >= 0.6 is 0 Å². The Balaban J connectivity index is 1.76. The maximum absolute atomic E-state index is 13.1. The van der Waals surface area contributed by atoms with E-state index in [-0.39, 0.29) is 29.5 Å². The van der Waals surface area contributed by atoms with Gasteiger partial charge in [-0.15, -0.1) is 0 Å². The van der Waals surface area contributed by atoms with Gasteiger partial charge in [-0.25, -0.2) is 8.42 Å². The third kappa shape index (κ3) is 5.82. The van der Waals surface area contributed by atoms with E-state index >= 15 is 0 Å². The molecule has 10 heteroatoms. The fraction of sp³-hybridized carbons (Fsp3) is 0.391. The van der Waals surface area contributed by atoms with Crippen molar-refractivity contribution in [3.63, 3.8) is 0 Å². The van der Waals surface area contributed by atoms with Crippen molar-refractivity contribution in [2.75, 3.05) is 44.7 Å². The molecular weight excluding hydrogens is 446 g/mol. The van der Waals surface area contributed by atoms with E-state index in [2.05, 4.69) is 5.32 Å². The van der Waals surface area contributed by atoms with Crippen LogP contribution in [0.1, 0.15) is 31.1 Å². The number of rotatable bonds is 8. The third-order valence-electron chi connectivity index (χ3n) is 5.22. The van der Waals surface area contributed by atoms with E-state index < -0.39 is 15.9 Å². The van der Waals surface area contributed by atoms with E-state index in [4.69, 9.17) is 9.47 Å². The van der Waals surface area contributed by atoms with Crippen molar-refractivity contribution in [2.45, 2.75) is 25.7 Å². The number of carbonyl (C=O) groups is 2. The van der Waals surface area contributed by atoms with Gasteiger partial charge in [0, 0.05) is 50.4 Å². The molecule has 33 heavy (non-hydrogen) atoms. The van der Waals surface area contributed by atoms with Gasteiger partial charge in [0.15, 0.2) is 11.5 Å².